The number of methoxy groups -OCH3 is 1. The first kappa shape index (κ1) is 25.5. The summed E-state index contributed by atoms with van der Waals surface area (Å²) in [6.45, 7) is 3.66. The van der Waals surface area contributed by atoms with Crippen molar-refractivity contribution in [1.29, 1.82) is 0 Å². The van der Waals surface area contributed by atoms with Crippen molar-refractivity contribution in [2.45, 2.75) is 24.7 Å². The summed E-state index contributed by atoms with van der Waals surface area (Å²) in [6.07, 6.45) is 1.38. The SMILES string of the molecule is COc1ccc(C)c2sc(N(CCCN(C)C)C(=O)CCSc3ccccc3)nc12.Cl. The molecule has 0 N–H and O–H groups in total. The van der Waals surface area contributed by atoms with Crippen LogP contribution in [0.15, 0.2) is 47.4 Å². The minimum Gasteiger partial charge on any atom is -0.494 e. The summed E-state index contributed by atoms with van der Waals surface area (Å²) < 4.78 is 6.57. The van der Waals surface area contributed by atoms with Gasteiger partial charge in [0.25, 0.3) is 0 Å². The Kier molecular flexibility index (Phi) is 10.1. The van der Waals surface area contributed by atoms with E-state index in [0.29, 0.717) is 13.0 Å². The smallest absolute Gasteiger partial charge is 0.229 e. The molecule has 2 aromatic carbocycles. The van der Waals surface area contributed by atoms with Gasteiger partial charge in [0.2, 0.25) is 5.91 Å². The number of hydrogen-bond donors (Lipinski definition) is 0. The van der Waals surface area contributed by atoms with E-state index in [-0.39, 0.29) is 18.3 Å². The number of aryl methyl sites for hydroxylation is 1. The van der Waals surface area contributed by atoms with Gasteiger partial charge < -0.3 is 9.64 Å². The number of hydrogen-bond acceptors (Lipinski definition) is 6. The van der Waals surface area contributed by atoms with E-state index in [1.807, 2.05) is 35.2 Å². The molecule has 0 fully saturated rings. The number of halogens is 1. The van der Waals surface area contributed by atoms with Crippen LogP contribution in [0, 0.1) is 6.92 Å². The Bertz CT molecular complexity index is 980. The second kappa shape index (κ2) is 12.3. The summed E-state index contributed by atoms with van der Waals surface area (Å²) >= 11 is 3.28. The molecular weight excluding hydrogens is 450 g/mol. The minimum absolute atomic E-state index is 0. The van der Waals surface area contributed by atoms with Crippen LogP contribution in [0.25, 0.3) is 10.2 Å². The zero-order valence-corrected chi connectivity index (χ0v) is 20.9. The average molecular weight is 480 g/mol. The van der Waals surface area contributed by atoms with E-state index >= 15 is 0 Å². The molecule has 0 radical (unpaired) electrons. The molecule has 0 aliphatic heterocycles. The zero-order chi connectivity index (χ0) is 21.5. The van der Waals surface area contributed by atoms with Gasteiger partial charge in [-0.3, -0.25) is 9.69 Å². The van der Waals surface area contributed by atoms with Crippen LogP contribution < -0.4 is 9.64 Å². The molecule has 0 aliphatic rings. The summed E-state index contributed by atoms with van der Waals surface area (Å²) in [5.74, 6) is 1.62. The van der Waals surface area contributed by atoms with Crippen molar-refractivity contribution >= 4 is 56.8 Å². The van der Waals surface area contributed by atoms with Gasteiger partial charge in [0, 0.05) is 23.6 Å². The van der Waals surface area contributed by atoms with Crippen molar-refractivity contribution in [2.24, 2.45) is 0 Å². The molecule has 0 saturated heterocycles. The third-order valence-electron chi connectivity index (χ3n) is 4.76. The molecule has 0 saturated carbocycles. The predicted octanol–water partition coefficient (Wildman–Crippen LogP) is 5.50. The Hall–Kier alpha value is -1.80. The maximum Gasteiger partial charge on any atom is 0.229 e. The van der Waals surface area contributed by atoms with Crippen molar-refractivity contribution in [1.82, 2.24) is 9.88 Å². The average Bonchev–Trinajstić information content (AvgIpc) is 3.18. The highest BCUT2D eigenvalue weighted by Crippen LogP contribution is 2.36. The maximum absolute atomic E-state index is 13.2. The van der Waals surface area contributed by atoms with Crippen LogP contribution in [-0.2, 0) is 4.79 Å². The summed E-state index contributed by atoms with van der Waals surface area (Å²) in [4.78, 5) is 23.2. The highest BCUT2D eigenvalue weighted by atomic mass is 35.5. The number of benzene rings is 2. The molecule has 1 aromatic heterocycles. The standard InChI is InChI=1S/C23H29N3O2S2.ClH/c1-17-11-12-19(28-4)21-22(17)30-23(24-21)26(15-8-14-25(2)3)20(27)13-16-29-18-9-6-5-7-10-18;/h5-7,9-12H,8,13-16H2,1-4H3;1H. The second-order valence-corrected chi connectivity index (χ2v) is 9.52. The second-order valence-electron chi connectivity index (χ2n) is 7.37. The molecule has 0 spiro atoms. The monoisotopic (exact) mass is 479 g/mol. The number of aromatic nitrogens is 1. The van der Waals surface area contributed by atoms with E-state index in [2.05, 4.69) is 38.1 Å². The van der Waals surface area contributed by atoms with E-state index in [9.17, 15) is 4.79 Å². The first-order valence-electron chi connectivity index (χ1n) is 10.1. The number of carbonyl (C=O) groups is 1. The van der Waals surface area contributed by atoms with E-state index in [1.165, 1.54) is 4.90 Å². The Balaban J connectivity index is 0.00000341. The van der Waals surface area contributed by atoms with E-state index < -0.39 is 0 Å². The maximum atomic E-state index is 13.2. The normalized spacial score (nSPS) is 10.9. The van der Waals surface area contributed by atoms with E-state index in [0.717, 1.165) is 45.4 Å². The van der Waals surface area contributed by atoms with Gasteiger partial charge in [-0.1, -0.05) is 35.6 Å². The highest BCUT2D eigenvalue weighted by molar-refractivity contribution is 7.99. The van der Waals surface area contributed by atoms with E-state index in [1.54, 1.807) is 30.2 Å². The number of ether oxygens (including phenoxy) is 1. The lowest BCUT2D eigenvalue weighted by atomic mass is 10.2. The first-order chi connectivity index (χ1) is 14.5. The molecule has 0 unspecified atom stereocenters. The molecule has 0 atom stereocenters. The van der Waals surface area contributed by atoms with Crippen molar-refractivity contribution in [3.63, 3.8) is 0 Å². The van der Waals surface area contributed by atoms with Crippen LogP contribution in [0.4, 0.5) is 5.13 Å². The molecule has 1 amide bonds. The van der Waals surface area contributed by atoms with Crippen LogP contribution >= 0.6 is 35.5 Å². The number of anilines is 1. The number of thiazole rings is 1. The van der Waals surface area contributed by atoms with Gasteiger partial charge in [0.15, 0.2) is 5.13 Å². The molecule has 31 heavy (non-hydrogen) atoms. The lowest BCUT2D eigenvalue weighted by Gasteiger charge is -2.21. The number of carbonyl (C=O) groups excluding carboxylic acids is 1. The van der Waals surface area contributed by atoms with Gasteiger partial charge in [-0.15, -0.1) is 24.2 Å². The number of nitrogens with zero attached hydrogens (tertiary/aromatic N) is 3. The van der Waals surface area contributed by atoms with Gasteiger partial charge in [-0.05, 0) is 57.7 Å². The van der Waals surface area contributed by atoms with Crippen LogP contribution in [0.1, 0.15) is 18.4 Å². The third-order valence-corrected chi connectivity index (χ3v) is 6.99. The Labute approximate surface area is 199 Å². The molecule has 8 heteroatoms. The number of rotatable bonds is 10. The summed E-state index contributed by atoms with van der Waals surface area (Å²) in [6, 6.07) is 14.2. The van der Waals surface area contributed by atoms with Gasteiger partial charge >= 0.3 is 0 Å². The van der Waals surface area contributed by atoms with Crippen molar-refractivity contribution in [3.05, 3.63) is 48.0 Å². The molecule has 0 bridgehead atoms. The van der Waals surface area contributed by atoms with Crippen molar-refractivity contribution in [2.75, 3.05) is 44.9 Å². The third kappa shape index (κ3) is 6.84. The van der Waals surface area contributed by atoms with Crippen molar-refractivity contribution < 1.29 is 9.53 Å². The molecule has 3 rings (SSSR count). The number of fused-ring (bicyclic) bond motifs is 1. The van der Waals surface area contributed by atoms with Gasteiger partial charge in [-0.25, -0.2) is 4.98 Å². The fourth-order valence-electron chi connectivity index (χ4n) is 3.16. The first-order valence-corrected chi connectivity index (χ1v) is 11.9. The van der Waals surface area contributed by atoms with Crippen molar-refractivity contribution in [3.8, 4) is 5.75 Å². The van der Waals surface area contributed by atoms with Crippen LogP contribution in [-0.4, -0.2) is 55.8 Å². The number of thioether (sulfide) groups is 1. The van der Waals surface area contributed by atoms with Crippen LogP contribution in [0.5, 0.6) is 5.75 Å². The molecule has 0 aliphatic carbocycles. The molecule has 5 nitrogen and oxygen atoms in total. The van der Waals surface area contributed by atoms with E-state index in [4.69, 9.17) is 9.72 Å². The topological polar surface area (TPSA) is 45.7 Å². The lowest BCUT2D eigenvalue weighted by Crippen LogP contribution is -2.33. The summed E-state index contributed by atoms with van der Waals surface area (Å²) in [5, 5.41) is 0.756. The summed E-state index contributed by atoms with van der Waals surface area (Å²) in [7, 11) is 5.76. The molecule has 3 aromatic rings. The summed E-state index contributed by atoms with van der Waals surface area (Å²) in [5.41, 5.74) is 1.98. The largest absolute Gasteiger partial charge is 0.494 e. The number of amides is 1. The highest BCUT2D eigenvalue weighted by Gasteiger charge is 2.21. The van der Waals surface area contributed by atoms with Crippen LogP contribution in [0.2, 0.25) is 0 Å². The van der Waals surface area contributed by atoms with Gasteiger partial charge in [0.1, 0.15) is 11.3 Å². The fourth-order valence-corrected chi connectivity index (χ4v) is 5.12. The Morgan fingerprint density at radius 2 is 1.87 bits per heavy atom. The predicted molar refractivity (Wildman–Crippen MR) is 135 cm³/mol. The fraction of sp³-hybridized carbons (Fsp3) is 0.391. The quantitative estimate of drug-likeness (QED) is 0.359. The zero-order valence-electron chi connectivity index (χ0n) is 18.5. The minimum atomic E-state index is 0. The Morgan fingerprint density at radius 1 is 1.13 bits per heavy atom. The van der Waals surface area contributed by atoms with Crippen LogP contribution in [0.3, 0.4) is 0 Å². The Morgan fingerprint density at radius 3 is 2.55 bits per heavy atom. The molecule has 168 valence electrons. The van der Waals surface area contributed by atoms with Gasteiger partial charge in [-0.2, -0.15) is 0 Å². The lowest BCUT2D eigenvalue weighted by molar-refractivity contribution is -0.118. The molecular formula is C23H30ClN3O2S2. The molecule has 1 heterocycles. The van der Waals surface area contributed by atoms with Gasteiger partial charge in [0.05, 0.1) is 11.8 Å².